The maximum atomic E-state index is 12.2. The number of hydrogen-bond acceptors (Lipinski definition) is 6. The highest BCUT2D eigenvalue weighted by Crippen LogP contribution is 2.14. The van der Waals surface area contributed by atoms with Crippen LogP contribution in [0.3, 0.4) is 0 Å². The van der Waals surface area contributed by atoms with Gasteiger partial charge >= 0.3 is 5.97 Å². The van der Waals surface area contributed by atoms with E-state index in [0.29, 0.717) is 0 Å². The van der Waals surface area contributed by atoms with Gasteiger partial charge in [-0.3, -0.25) is 9.59 Å². The zero-order valence-electron chi connectivity index (χ0n) is 11.6. The molecule has 0 aliphatic rings. The van der Waals surface area contributed by atoms with Crippen molar-refractivity contribution >= 4 is 29.1 Å². The normalized spacial score (nSPS) is 10.4. The Balaban J connectivity index is 2.90. The first-order valence-electron chi connectivity index (χ1n) is 6.08. The molecular weight excluding hydrogens is 282 g/mol. The molecular formula is C12H17N3O4S. The van der Waals surface area contributed by atoms with Crippen LogP contribution in [0, 0.1) is 0 Å². The fraction of sp³-hybridized carbons (Fsp3) is 0.500. The molecule has 0 radical (unpaired) electrons. The molecule has 0 aliphatic heterocycles. The van der Waals surface area contributed by atoms with Gasteiger partial charge in [0, 0.05) is 11.4 Å². The van der Waals surface area contributed by atoms with Crippen LogP contribution in [0.2, 0.25) is 0 Å². The number of carbonyl (C=O) groups excluding carboxylic acids is 3. The van der Waals surface area contributed by atoms with Gasteiger partial charge in [0.25, 0.3) is 5.91 Å². The zero-order valence-corrected chi connectivity index (χ0v) is 12.4. The van der Waals surface area contributed by atoms with Crippen LogP contribution in [0.4, 0.5) is 0 Å². The van der Waals surface area contributed by atoms with Crippen LogP contribution in [-0.2, 0) is 9.53 Å². The highest BCUT2D eigenvalue weighted by Gasteiger charge is 2.24. The van der Waals surface area contributed by atoms with Gasteiger partial charge in [0.2, 0.25) is 10.9 Å². The summed E-state index contributed by atoms with van der Waals surface area (Å²) in [6.45, 7) is 5.26. The molecule has 0 saturated carbocycles. The van der Waals surface area contributed by atoms with E-state index in [4.69, 9.17) is 10.5 Å². The van der Waals surface area contributed by atoms with Gasteiger partial charge in [-0.15, -0.1) is 11.3 Å². The van der Waals surface area contributed by atoms with Gasteiger partial charge in [0.05, 0.1) is 13.2 Å². The van der Waals surface area contributed by atoms with Gasteiger partial charge in [0.15, 0.2) is 0 Å². The quantitative estimate of drug-likeness (QED) is 0.777. The Kier molecular flexibility index (Phi) is 5.63. The lowest BCUT2D eigenvalue weighted by atomic mass is 10.2. The van der Waals surface area contributed by atoms with Crippen LogP contribution < -0.4 is 5.73 Å². The molecule has 0 aromatic carbocycles. The summed E-state index contributed by atoms with van der Waals surface area (Å²) in [7, 11) is 0. The van der Waals surface area contributed by atoms with Crippen molar-refractivity contribution in [1.29, 1.82) is 0 Å². The van der Waals surface area contributed by atoms with E-state index in [9.17, 15) is 14.4 Å². The van der Waals surface area contributed by atoms with E-state index in [1.165, 1.54) is 10.3 Å². The van der Waals surface area contributed by atoms with Crippen molar-refractivity contribution < 1.29 is 19.1 Å². The number of nitrogens with zero attached hydrogens (tertiary/aromatic N) is 2. The van der Waals surface area contributed by atoms with Crippen molar-refractivity contribution in [3.63, 3.8) is 0 Å². The second-order valence-corrected chi connectivity index (χ2v) is 5.11. The van der Waals surface area contributed by atoms with Crippen molar-refractivity contribution in [2.45, 2.75) is 26.8 Å². The van der Waals surface area contributed by atoms with Gasteiger partial charge in [-0.25, -0.2) is 9.78 Å². The maximum absolute atomic E-state index is 12.2. The summed E-state index contributed by atoms with van der Waals surface area (Å²) in [5.41, 5.74) is 5.22. The fourth-order valence-electron chi connectivity index (χ4n) is 1.46. The van der Waals surface area contributed by atoms with Crippen molar-refractivity contribution in [2.24, 2.45) is 5.73 Å². The highest BCUT2D eigenvalue weighted by atomic mass is 32.1. The third-order valence-electron chi connectivity index (χ3n) is 2.38. The molecule has 0 saturated heterocycles. The van der Waals surface area contributed by atoms with Gasteiger partial charge < -0.3 is 15.4 Å². The lowest BCUT2D eigenvalue weighted by Crippen LogP contribution is -2.42. The first-order chi connectivity index (χ1) is 9.36. The summed E-state index contributed by atoms with van der Waals surface area (Å²) in [6.07, 6.45) is 0. The van der Waals surface area contributed by atoms with Crippen LogP contribution >= 0.6 is 11.3 Å². The number of hydrogen-bond donors (Lipinski definition) is 1. The second kappa shape index (κ2) is 6.99. The van der Waals surface area contributed by atoms with Crippen LogP contribution in [0.25, 0.3) is 0 Å². The van der Waals surface area contributed by atoms with Gasteiger partial charge in [0.1, 0.15) is 5.69 Å². The minimum absolute atomic E-state index is 0.105. The summed E-state index contributed by atoms with van der Waals surface area (Å²) < 4.78 is 4.80. The smallest absolute Gasteiger partial charge is 0.367 e. The number of aromatic nitrogens is 1. The van der Waals surface area contributed by atoms with E-state index < -0.39 is 17.8 Å². The second-order valence-electron chi connectivity index (χ2n) is 4.25. The number of thiazole rings is 1. The van der Waals surface area contributed by atoms with Gasteiger partial charge in [-0.2, -0.15) is 0 Å². The van der Waals surface area contributed by atoms with Crippen molar-refractivity contribution in [3.8, 4) is 0 Å². The molecule has 2 amide bonds. The van der Waals surface area contributed by atoms with Crippen molar-refractivity contribution in [2.75, 3.05) is 13.2 Å². The van der Waals surface area contributed by atoms with Crippen LogP contribution in [-0.4, -0.2) is 46.9 Å². The van der Waals surface area contributed by atoms with Crippen molar-refractivity contribution in [3.05, 3.63) is 16.1 Å². The lowest BCUT2D eigenvalue weighted by molar-refractivity contribution is -0.119. The van der Waals surface area contributed by atoms with E-state index in [-0.39, 0.29) is 29.9 Å². The van der Waals surface area contributed by atoms with E-state index in [1.807, 2.05) is 0 Å². The highest BCUT2D eigenvalue weighted by molar-refractivity contribution is 7.11. The minimum atomic E-state index is -0.604. The Labute approximate surface area is 120 Å². The molecule has 2 N–H and O–H groups in total. The summed E-state index contributed by atoms with van der Waals surface area (Å²) in [5.74, 6) is -1.61. The predicted molar refractivity (Wildman–Crippen MR) is 73.4 cm³/mol. The monoisotopic (exact) mass is 299 g/mol. The topological polar surface area (TPSA) is 103 Å². The average Bonchev–Trinajstić information content (AvgIpc) is 2.84. The molecule has 1 heterocycles. The first-order valence-corrected chi connectivity index (χ1v) is 6.96. The Morgan fingerprint density at radius 3 is 2.60 bits per heavy atom. The molecule has 0 fully saturated rings. The molecule has 110 valence electrons. The standard InChI is InChI=1S/C12H17N3O4S/c1-4-19-12(18)10-14-8(6-20-10)11(17)15(7(2)3)5-9(13)16/h6-7H,4-5H2,1-3H3,(H2,13,16). The maximum Gasteiger partial charge on any atom is 0.367 e. The number of ether oxygens (including phenoxy) is 1. The molecule has 0 spiro atoms. The summed E-state index contributed by atoms with van der Waals surface area (Å²) in [5, 5.41) is 1.57. The van der Waals surface area contributed by atoms with Gasteiger partial charge in [-0.1, -0.05) is 0 Å². The number of nitrogens with two attached hydrogens (primary N) is 1. The zero-order chi connectivity index (χ0) is 15.3. The van der Waals surface area contributed by atoms with Crippen molar-refractivity contribution in [1.82, 2.24) is 9.88 Å². The van der Waals surface area contributed by atoms with Crippen LogP contribution in [0.1, 0.15) is 41.1 Å². The number of amides is 2. The number of esters is 1. The molecule has 7 nitrogen and oxygen atoms in total. The Morgan fingerprint density at radius 2 is 2.10 bits per heavy atom. The summed E-state index contributed by atoms with van der Waals surface area (Å²) in [4.78, 5) is 39.9. The Hall–Kier alpha value is -1.96. The molecule has 1 rings (SSSR count). The van der Waals surface area contributed by atoms with Gasteiger partial charge in [-0.05, 0) is 20.8 Å². The molecule has 0 atom stereocenters. The Morgan fingerprint density at radius 1 is 1.45 bits per heavy atom. The van der Waals surface area contributed by atoms with E-state index >= 15 is 0 Å². The number of rotatable bonds is 6. The summed E-state index contributed by atoms with van der Waals surface area (Å²) >= 11 is 1.02. The molecule has 0 bridgehead atoms. The fourth-order valence-corrected chi connectivity index (χ4v) is 2.15. The third kappa shape index (κ3) is 4.02. The largest absolute Gasteiger partial charge is 0.461 e. The molecule has 20 heavy (non-hydrogen) atoms. The van der Waals surface area contributed by atoms with Crippen LogP contribution in [0.5, 0.6) is 0 Å². The first kappa shape index (κ1) is 16.1. The molecule has 1 aromatic rings. The van der Waals surface area contributed by atoms with E-state index in [0.717, 1.165) is 11.3 Å². The molecule has 1 aromatic heterocycles. The SMILES string of the molecule is CCOC(=O)c1nc(C(=O)N(CC(N)=O)C(C)C)cs1. The number of primary amides is 1. The number of carbonyl (C=O) groups is 3. The third-order valence-corrected chi connectivity index (χ3v) is 3.21. The minimum Gasteiger partial charge on any atom is -0.461 e. The van der Waals surface area contributed by atoms with Crippen LogP contribution in [0.15, 0.2) is 5.38 Å². The Bertz CT molecular complexity index is 513. The molecule has 8 heteroatoms. The molecule has 0 aliphatic carbocycles. The molecule has 0 unspecified atom stereocenters. The average molecular weight is 299 g/mol. The summed E-state index contributed by atoms with van der Waals surface area (Å²) in [6, 6.07) is -0.206. The predicted octanol–water partition coefficient (Wildman–Crippen LogP) is 0.656. The lowest BCUT2D eigenvalue weighted by Gasteiger charge is -2.24. The van der Waals surface area contributed by atoms with E-state index in [1.54, 1.807) is 20.8 Å². The van der Waals surface area contributed by atoms with E-state index in [2.05, 4.69) is 4.98 Å².